The second-order valence-electron chi connectivity index (χ2n) is 5.38. The summed E-state index contributed by atoms with van der Waals surface area (Å²) in [6.45, 7) is 2.23. The minimum Gasteiger partial charge on any atom is -0.497 e. The molecule has 2 aliphatic rings. The van der Waals surface area contributed by atoms with E-state index >= 15 is 0 Å². The lowest BCUT2D eigenvalue weighted by Gasteiger charge is -2.19. The van der Waals surface area contributed by atoms with Crippen molar-refractivity contribution in [1.29, 1.82) is 0 Å². The van der Waals surface area contributed by atoms with E-state index in [1.54, 1.807) is 7.11 Å². The summed E-state index contributed by atoms with van der Waals surface area (Å²) in [5.41, 5.74) is 6.96. The second kappa shape index (κ2) is 4.60. The van der Waals surface area contributed by atoms with Crippen molar-refractivity contribution < 1.29 is 4.74 Å². The van der Waals surface area contributed by atoms with Crippen LogP contribution in [0.25, 0.3) is 0 Å². The summed E-state index contributed by atoms with van der Waals surface area (Å²) in [5, 5.41) is 3.97. The summed E-state index contributed by atoms with van der Waals surface area (Å²) >= 11 is 6.16. The number of hydrogen-bond acceptors (Lipinski definition) is 4. The molecular formula is C14H18ClN3O. The number of benzene rings is 1. The molecule has 5 heteroatoms. The Labute approximate surface area is 118 Å². The first-order valence-electron chi connectivity index (χ1n) is 6.53. The zero-order chi connectivity index (χ0) is 13.6. The topological polar surface area (TPSA) is 59.6 Å². The van der Waals surface area contributed by atoms with E-state index in [4.69, 9.17) is 22.1 Å². The van der Waals surface area contributed by atoms with Gasteiger partial charge in [0.05, 0.1) is 19.2 Å². The number of nitrogens with one attached hydrogen (secondary N) is 1. The van der Waals surface area contributed by atoms with Gasteiger partial charge in [-0.3, -0.25) is 0 Å². The molecule has 0 bridgehead atoms. The van der Waals surface area contributed by atoms with Crippen LogP contribution in [0.15, 0.2) is 23.2 Å². The maximum absolute atomic E-state index is 6.16. The fourth-order valence-corrected chi connectivity index (χ4v) is 3.56. The molecule has 19 heavy (non-hydrogen) atoms. The van der Waals surface area contributed by atoms with E-state index in [-0.39, 0.29) is 6.04 Å². The van der Waals surface area contributed by atoms with E-state index in [1.807, 2.05) is 12.1 Å². The molecule has 0 aromatic heterocycles. The van der Waals surface area contributed by atoms with Gasteiger partial charge < -0.3 is 15.8 Å². The standard InChI is InChI=1S/C14H18ClN3O/c1-7-11(6-12-13(7)18-14(16)17-12)8-3-9(15)5-10(4-8)19-2/h3-5,7,11-13H,6H2,1-2H3,(H3,16,17,18)/t7-,11-,12?,13?/m0/s1. The summed E-state index contributed by atoms with van der Waals surface area (Å²) in [4.78, 5) is 4.49. The summed E-state index contributed by atoms with van der Waals surface area (Å²) < 4.78 is 5.29. The van der Waals surface area contributed by atoms with Crippen molar-refractivity contribution in [3.05, 3.63) is 28.8 Å². The van der Waals surface area contributed by atoms with Gasteiger partial charge in [0.15, 0.2) is 5.96 Å². The van der Waals surface area contributed by atoms with Gasteiger partial charge in [-0.25, -0.2) is 4.99 Å². The number of fused-ring (bicyclic) bond motifs is 1. The van der Waals surface area contributed by atoms with Gasteiger partial charge in [-0.2, -0.15) is 0 Å². The number of rotatable bonds is 2. The van der Waals surface area contributed by atoms with E-state index in [2.05, 4.69) is 23.3 Å². The molecule has 1 saturated carbocycles. The number of methoxy groups -OCH3 is 1. The summed E-state index contributed by atoms with van der Waals surface area (Å²) in [7, 11) is 1.66. The number of nitrogens with zero attached hydrogens (tertiary/aromatic N) is 1. The van der Waals surface area contributed by atoms with Crippen molar-refractivity contribution in [2.75, 3.05) is 7.11 Å². The molecule has 4 nitrogen and oxygen atoms in total. The number of hydrogen-bond donors (Lipinski definition) is 2. The lowest BCUT2D eigenvalue weighted by Crippen LogP contribution is -2.35. The predicted octanol–water partition coefficient (Wildman–Crippen LogP) is 2.13. The van der Waals surface area contributed by atoms with E-state index in [0.717, 1.165) is 17.2 Å². The van der Waals surface area contributed by atoms with E-state index in [1.165, 1.54) is 5.56 Å². The maximum atomic E-state index is 6.16. The SMILES string of the molecule is COc1cc(Cl)cc([C@H]2CC3NC(N)=NC3[C@H]2C)c1. The van der Waals surface area contributed by atoms with Gasteiger partial charge in [0.25, 0.3) is 0 Å². The molecule has 102 valence electrons. The number of nitrogens with two attached hydrogens (primary N) is 1. The van der Waals surface area contributed by atoms with E-state index in [0.29, 0.717) is 23.8 Å². The van der Waals surface area contributed by atoms with Crippen LogP contribution in [0.5, 0.6) is 5.75 Å². The molecule has 1 aliphatic heterocycles. The lowest BCUT2D eigenvalue weighted by molar-refractivity contribution is 0.412. The Bertz CT molecular complexity index is 531. The second-order valence-corrected chi connectivity index (χ2v) is 5.82. The van der Waals surface area contributed by atoms with Gasteiger partial charge in [0, 0.05) is 5.02 Å². The molecule has 1 aromatic carbocycles. The van der Waals surface area contributed by atoms with E-state index < -0.39 is 0 Å². The molecule has 1 aliphatic carbocycles. The minimum atomic E-state index is 0.273. The Hall–Kier alpha value is -1.42. The monoisotopic (exact) mass is 279 g/mol. The molecular weight excluding hydrogens is 262 g/mol. The molecule has 0 radical (unpaired) electrons. The summed E-state index contributed by atoms with van der Waals surface area (Å²) in [6, 6.07) is 6.56. The number of ether oxygens (including phenoxy) is 1. The third-order valence-electron chi connectivity index (χ3n) is 4.27. The largest absolute Gasteiger partial charge is 0.497 e. The van der Waals surface area contributed by atoms with Gasteiger partial charge in [0.2, 0.25) is 0 Å². The maximum Gasteiger partial charge on any atom is 0.189 e. The first-order valence-corrected chi connectivity index (χ1v) is 6.90. The fraction of sp³-hybridized carbons (Fsp3) is 0.500. The van der Waals surface area contributed by atoms with Gasteiger partial charge in [-0.15, -0.1) is 0 Å². The zero-order valence-electron chi connectivity index (χ0n) is 11.1. The number of halogens is 1. The Morgan fingerprint density at radius 3 is 2.89 bits per heavy atom. The molecule has 0 amide bonds. The average Bonchev–Trinajstić information content (AvgIpc) is 2.87. The van der Waals surface area contributed by atoms with Crippen LogP contribution in [0.4, 0.5) is 0 Å². The summed E-state index contributed by atoms with van der Waals surface area (Å²) in [6.07, 6.45) is 1.03. The molecule has 4 atom stereocenters. The Morgan fingerprint density at radius 1 is 1.42 bits per heavy atom. The fourth-order valence-electron chi connectivity index (χ4n) is 3.33. The zero-order valence-corrected chi connectivity index (χ0v) is 11.8. The van der Waals surface area contributed by atoms with Crippen LogP contribution >= 0.6 is 11.6 Å². The van der Waals surface area contributed by atoms with Crippen molar-refractivity contribution in [1.82, 2.24) is 5.32 Å². The normalized spacial score (nSPS) is 32.7. The molecule has 0 saturated heterocycles. The molecule has 1 fully saturated rings. The van der Waals surface area contributed by atoms with Crippen LogP contribution in [-0.4, -0.2) is 25.2 Å². The van der Waals surface area contributed by atoms with Crippen molar-refractivity contribution >= 4 is 17.6 Å². The first-order chi connectivity index (χ1) is 9.08. The number of guanidine groups is 1. The van der Waals surface area contributed by atoms with E-state index in [9.17, 15) is 0 Å². The third kappa shape index (κ3) is 2.14. The summed E-state index contributed by atoms with van der Waals surface area (Å²) in [5.74, 6) is 2.26. The average molecular weight is 280 g/mol. The van der Waals surface area contributed by atoms with Gasteiger partial charge >= 0.3 is 0 Å². The van der Waals surface area contributed by atoms with Gasteiger partial charge in [-0.1, -0.05) is 18.5 Å². The Balaban J connectivity index is 1.90. The van der Waals surface area contributed by atoms with Gasteiger partial charge in [-0.05, 0) is 42.0 Å². The first kappa shape index (κ1) is 12.6. The Morgan fingerprint density at radius 2 is 2.21 bits per heavy atom. The van der Waals surface area contributed by atoms with Crippen LogP contribution in [-0.2, 0) is 0 Å². The lowest BCUT2D eigenvalue weighted by atomic mass is 9.89. The highest BCUT2D eigenvalue weighted by Gasteiger charge is 2.44. The van der Waals surface area contributed by atoms with Crippen molar-refractivity contribution in [2.24, 2.45) is 16.6 Å². The van der Waals surface area contributed by atoms with Crippen LogP contribution < -0.4 is 15.8 Å². The van der Waals surface area contributed by atoms with Crippen LogP contribution in [0.2, 0.25) is 5.02 Å². The van der Waals surface area contributed by atoms with Crippen LogP contribution in [0, 0.1) is 5.92 Å². The molecule has 1 heterocycles. The smallest absolute Gasteiger partial charge is 0.189 e. The molecule has 2 unspecified atom stereocenters. The van der Waals surface area contributed by atoms with Crippen LogP contribution in [0.3, 0.4) is 0 Å². The van der Waals surface area contributed by atoms with Crippen LogP contribution in [0.1, 0.15) is 24.8 Å². The van der Waals surface area contributed by atoms with Crippen molar-refractivity contribution in [3.63, 3.8) is 0 Å². The quantitative estimate of drug-likeness (QED) is 0.872. The Kier molecular flexibility index (Phi) is 3.05. The number of aliphatic imine (C=N–C) groups is 1. The molecule has 0 spiro atoms. The highest BCUT2D eigenvalue weighted by atomic mass is 35.5. The van der Waals surface area contributed by atoms with Crippen molar-refractivity contribution in [2.45, 2.75) is 31.3 Å². The highest BCUT2D eigenvalue weighted by Crippen LogP contribution is 2.44. The minimum absolute atomic E-state index is 0.273. The molecule has 3 N–H and O–H groups in total. The molecule has 1 aromatic rings. The van der Waals surface area contributed by atoms with Gasteiger partial charge in [0.1, 0.15) is 5.75 Å². The third-order valence-corrected chi connectivity index (χ3v) is 4.49. The highest BCUT2D eigenvalue weighted by molar-refractivity contribution is 6.30. The van der Waals surface area contributed by atoms with Crippen molar-refractivity contribution in [3.8, 4) is 5.75 Å². The predicted molar refractivity (Wildman–Crippen MR) is 76.9 cm³/mol. The molecule has 3 rings (SSSR count).